The predicted molar refractivity (Wildman–Crippen MR) is 64.9 cm³/mol. The van der Waals surface area contributed by atoms with E-state index in [1.165, 1.54) is 25.7 Å². The summed E-state index contributed by atoms with van der Waals surface area (Å²) in [5, 5.41) is 4.70. The molecule has 0 N–H and O–H groups in total. The van der Waals surface area contributed by atoms with Gasteiger partial charge in [-0.1, -0.05) is 25.3 Å². The fourth-order valence-electron chi connectivity index (χ4n) is 2.21. The highest BCUT2D eigenvalue weighted by Gasteiger charge is 2.31. The molecule has 0 atom stereocenters. The van der Waals surface area contributed by atoms with Crippen LogP contribution in [-0.2, 0) is 0 Å². The zero-order valence-electron chi connectivity index (χ0n) is 8.39. The predicted octanol–water partition coefficient (Wildman–Crippen LogP) is 1.24. The summed E-state index contributed by atoms with van der Waals surface area (Å²) in [5.74, 6) is 0. The summed E-state index contributed by atoms with van der Waals surface area (Å²) in [4.78, 5) is 2.16. The van der Waals surface area contributed by atoms with E-state index >= 15 is 0 Å². The number of hydrogen-bond donors (Lipinski definition) is 2. The number of nitrogens with zero attached hydrogens (tertiary/aromatic N) is 3. The van der Waals surface area contributed by atoms with Gasteiger partial charge in [0.05, 0.1) is 26.2 Å². The van der Waals surface area contributed by atoms with E-state index in [2.05, 4.69) is 40.1 Å². The fraction of sp³-hybridized carbons (Fsp3) is 0.889. The highest BCUT2D eigenvalue weighted by atomic mass is 32.2. The van der Waals surface area contributed by atoms with Crippen LogP contribution in [-0.4, -0.2) is 45.4 Å². The van der Waals surface area contributed by atoms with Gasteiger partial charge in [-0.05, 0) is 25.7 Å². The van der Waals surface area contributed by atoms with Crippen molar-refractivity contribution in [1.82, 2.24) is 10.0 Å². The van der Waals surface area contributed by atoms with Crippen LogP contribution < -0.4 is 0 Å². The lowest BCUT2D eigenvalue weighted by Gasteiger charge is -2.21. The number of rotatable bonds is 2. The molecule has 2 fully saturated rings. The number of hydrazone groups is 2. The van der Waals surface area contributed by atoms with Crippen LogP contribution in [0.2, 0.25) is 0 Å². The lowest BCUT2D eigenvalue weighted by Crippen LogP contribution is -2.45. The Morgan fingerprint density at radius 1 is 0.786 bits per heavy atom. The topological polar surface area (TPSA) is 9.49 Å². The van der Waals surface area contributed by atoms with Gasteiger partial charge >= 0.3 is 4.38 Å². The SMILES string of the molecule is SC(S)=[N+](N1CCCC1)N1CCCC1. The molecule has 0 aliphatic carbocycles. The van der Waals surface area contributed by atoms with Gasteiger partial charge in [0.15, 0.2) is 0 Å². The summed E-state index contributed by atoms with van der Waals surface area (Å²) in [6.45, 7) is 4.56. The van der Waals surface area contributed by atoms with Gasteiger partial charge in [0.1, 0.15) is 0 Å². The molecule has 0 bridgehead atoms. The third-order valence-electron chi connectivity index (χ3n) is 2.88. The molecule has 5 heteroatoms. The van der Waals surface area contributed by atoms with Gasteiger partial charge in [-0.25, -0.2) is 0 Å². The molecule has 3 nitrogen and oxygen atoms in total. The summed E-state index contributed by atoms with van der Waals surface area (Å²) in [7, 11) is 0. The lowest BCUT2D eigenvalue weighted by atomic mass is 10.4. The molecule has 0 aromatic heterocycles. The largest absolute Gasteiger partial charge is 0.324 e. The third kappa shape index (κ3) is 2.14. The minimum Gasteiger partial charge on any atom is -0.157 e. The van der Waals surface area contributed by atoms with Crippen molar-refractivity contribution in [3.8, 4) is 0 Å². The summed E-state index contributed by atoms with van der Waals surface area (Å²) >= 11 is 8.73. The minimum absolute atomic E-state index is 0.800. The molecule has 0 amide bonds. The Balaban J connectivity index is 2.10. The van der Waals surface area contributed by atoms with Crippen LogP contribution in [0.3, 0.4) is 0 Å². The van der Waals surface area contributed by atoms with Gasteiger partial charge < -0.3 is 0 Å². The van der Waals surface area contributed by atoms with E-state index in [0.717, 1.165) is 30.6 Å². The first-order valence-corrected chi connectivity index (χ1v) is 6.23. The summed E-state index contributed by atoms with van der Waals surface area (Å²) in [6, 6.07) is 0. The van der Waals surface area contributed by atoms with Gasteiger partial charge in [0.2, 0.25) is 0 Å². The van der Waals surface area contributed by atoms with Crippen molar-refractivity contribution in [1.29, 1.82) is 0 Å². The van der Waals surface area contributed by atoms with E-state index in [1.54, 1.807) is 0 Å². The maximum atomic E-state index is 4.37. The van der Waals surface area contributed by atoms with Crippen molar-refractivity contribution >= 4 is 29.6 Å². The first-order chi connectivity index (χ1) is 6.79. The smallest absolute Gasteiger partial charge is 0.157 e. The number of hydrogen-bond acceptors (Lipinski definition) is 2. The molecule has 0 spiro atoms. The standard InChI is InChI=1S/C9H17N3S2/c13-9(14)12(10-5-1-2-6-10)11-7-3-4-8-11/h1-8H2,(H,13,14)/p+1. The van der Waals surface area contributed by atoms with E-state index in [1.807, 2.05) is 0 Å². The highest BCUT2D eigenvalue weighted by molar-refractivity contribution is 8.23. The second-order valence-electron chi connectivity index (χ2n) is 3.91. The van der Waals surface area contributed by atoms with Crippen molar-refractivity contribution in [2.45, 2.75) is 25.7 Å². The first kappa shape index (κ1) is 10.5. The van der Waals surface area contributed by atoms with E-state index in [4.69, 9.17) is 0 Å². The number of thiol groups is 2. The zero-order valence-corrected chi connectivity index (χ0v) is 10.2. The van der Waals surface area contributed by atoms with Crippen molar-refractivity contribution in [2.75, 3.05) is 26.2 Å². The molecular formula is C9H18N3S2+. The van der Waals surface area contributed by atoms with Crippen molar-refractivity contribution in [3.63, 3.8) is 0 Å². The molecule has 0 aromatic carbocycles. The lowest BCUT2D eigenvalue weighted by molar-refractivity contribution is -0.806. The number of hydrazine groups is 2. The monoisotopic (exact) mass is 232 g/mol. The quantitative estimate of drug-likeness (QED) is 0.321. The Bertz CT molecular complexity index is 208. The van der Waals surface area contributed by atoms with Gasteiger partial charge in [-0.2, -0.15) is 10.0 Å². The average molecular weight is 232 g/mol. The van der Waals surface area contributed by atoms with Crippen LogP contribution in [0, 0.1) is 0 Å². The van der Waals surface area contributed by atoms with Crippen molar-refractivity contribution in [3.05, 3.63) is 0 Å². The van der Waals surface area contributed by atoms with Crippen molar-refractivity contribution < 1.29 is 4.79 Å². The molecule has 2 saturated heterocycles. The Morgan fingerprint density at radius 2 is 1.14 bits per heavy atom. The zero-order chi connectivity index (χ0) is 9.97. The van der Waals surface area contributed by atoms with Crippen LogP contribution >= 0.6 is 25.3 Å². The molecule has 2 aliphatic rings. The Labute approximate surface area is 96.5 Å². The second-order valence-corrected chi connectivity index (χ2v) is 5.11. The second kappa shape index (κ2) is 4.66. The van der Waals surface area contributed by atoms with E-state index in [0.29, 0.717) is 0 Å². The molecule has 2 heterocycles. The van der Waals surface area contributed by atoms with Gasteiger partial charge in [-0.15, -0.1) is 0 Å². The molecule has 14 heavy (non-hydrogen) atoms. The van der Waals surface area contributed by atoms with Crippen LogP contribution in [0.1, 0.15) is 25.7 Å². The van der Waals surface area contributed by atoms with Gasteiger partial charge in [0, 0.05) is 4.79 Å². The maximum Gasteiger partial charge on any atom is 0.324 e. The summed E-state index contributed by atoms with van der Waals surface area (Å²) in [6.07, 6.45) is 5.16. The highest BCUT2D eigenvalue weighted by Crippen LogP contribution is 2.16. The summed E-state index contributed by atoms with van der Waals surface area (Å²) in [5.41, 5.74) is 0. The van der Waals surface area contributed by atoms with Gasteiger partial charge in [0.25, 0.3) is 0 Å². The third-order valence-corrected chi connectivity index (χ3v) is 3.24. The summed E-state index contributed by atoms with van der Waals surface area (Å²) < 4.78 is 0.800. The Morgan fingerprint density at radius 3 is 1.43 bits per heavy atom. The Hall–Kier alpha value is -0.0300. The van der Waals surface area contributed by atoms with Crippen molar-refractivity contribution in [2.24, 2.45) is 0 Å². The maximum absolute atomic E-state index is 4.37. The van der Waals surface area contributed by atoms with Crippen LogP contribution in [0.15, 0.2) is 0 Å². The van der Waals surface area contributed by atoms with E-state index in [9.17, 15) is 0 Å². The minimum atomic E-state index is 0.800. The molecule has 2 aliphatic heterocycles. The molecule has 0 unspecified atom stereocenters. The Kier molecular flexibility index (Phi) is 3.49. The van der Waals surface area contributed by atoms with Crippen LogP contribution in [0.4, 0.5) is 0 Å². The first-order valence-electron chi connectivity index (χ1n) is 5.34. The average Bonchev–Trinajstić information content (AvgIpc) is 2.75. The molecule has 0 radical (unpaired) electrons. The van der Waals surface area contributed by atoms with Crippen LogP contribution in [0.25, 0.3) is 0 Å². The fourth-order valence-corrected chi connectivity index (χ4v) is 2.72. The van der Waals surface area contributed by atoms with Gasteiger partial charge in [-0.3, -0.25) is 0 Å². The van der Waals surface area contributed by atoms with Crippen LogP contribution in [0.5, 0.6) is 0 Å². The molecular weight excluding hydrogens is 214 g/mol. The molecule has 80 valence electrons. The molecule has 0 saturated carbocycles. The normalized spacial score (nSPS) is 21.9. The molecule has 2 rings (SSSR count). The molecule has 0 aromatic rings. The van der Waals surface area contributed by atoms with E-state index in [-0.39, 0.29) is 0 Å². The van der Waals surface area contributed by atoms with E-state index < -0.39 is 0 Å².